The summed E-state index contributed by atoms with van der Waals surface area (Å²) in [6.07, 6.45) is 0.951. The van der Waals surface area contributed by atoms with E-state index in [1.165, 1.54) is 22.3 Å². The van der Waals surface area contributed by atoms with Gasteiger partial charge in [-0.25, -0.2) is 0 Å². The summed E-state index contributed by atoms with van der Waals surface area (Å²) in [6.45, 7) is 7.15. The Morgan fingerprint density at radius 2 is 1.62 bits per heavy atom. The van der Waals surface area contributed by atoms with Crippen molar-refractivity contribution in [2.45, 2.75) is 26.1 Å². The maximum absolute atomic E-state index is 5.49. The van der Waals surface area contributed by atoms with E-state index in [0.29, 0.717) is 0 Å². The van der Waals surface area contributed by atoms with E-state index in [-0.39, 0.29) is 0 Å². The largest absolute Gasteiger partial charge is 0.493 e. The van der Waals surface area contributed by atoms with Crippen LogP contribution < -0.4 is 14.8 Å². The molecule has 32 heavy (non-hydrogen) atoms. The standard InChI is InChI=1S/C25H34N4O3/c1-26-25(29-9-8-21-14-23(30-2)24(31-3)15-22(21)18-29)27-16-19-4-6-20(7-5-19)17-28-10-12-32-13-11-28/h4-7,14-15H,8-13,16-18H2,1-3H3,(H,26,27). The molecule has 2 aromatic rings. The molecule has 7 heteroatoms. The number of hydrogen-bond acceptors (Lipinski definition) is 5. The van der Waals surface area contributed by atoms with E-state index in [0.717, 1.165) is 76.4 Å². The maximum atomic E-state index is 5.49. The number of ether oxygens (including phenoxy) is 3. The number of nitrogens with zero attached hydrogens (tertiary/aromatic N) is 3. The summed E-state index contributed by atoms with van der Waals surface area (Å²) in [4.78, 5) is 9.26. The summed E-state index contributed by atoms with van der Waals surface area (Å²) in [5, 5.41) is 3.53. The Hall–Kier alpha value is -2.77. The van der Waals surface area contributed by atoms with E-state index < -0.39 is 0 Å². The number of guanidine groups is 1. The third-order valence-electron chi connectivity index (χ3n) is 6.21. The van der Waals surface area contributed by atoms with Crippen molar-refractivity contribution < 1.29 is 14.2 Å². The number of nitrogens with one attached hydrogen (secondary N) is 1. The molecule has 0 bridgehead atoms. The van der Waals surface area contributed by atoms with Crippen molar-refractivity contribution in [3.05, 3.63) is 58.7 Å². The first-order valence-electron chi connectivity index (χ1n) is 11.3. The Balaban J connectivity index is 1.34. The minimum Gasteiger partial charge on any atom is -0.493 e. The van der Waals surface area contributed by atoms with E-state index >= 15 is 0 Å². The molecule has 0 spiro atoms. The van der Waals surface area contributed by atoms with E-state index in [2.05, 4.69) is 56.5 Å². The van der Waals surface area contributed by atoms with Crippen molar-refractivity contribution in [2.24, 2.45) is 4.99 Å². The Kier molecular flexibility index (Phi) is 7.50. The quantitative estimate of drug-likeness (QED) is 0.553. The fraction of sp³-hybridized carbons (Fsp3) is 0.480. The first-order valence-corrected chi connectivity index (χ1v) is 11.3. The summed E-state index contributed by atoms with van der Waals surface area (Å²) in [7, 11) is 5.20. The Bertz CT molecular complexity index is 924. The van der Waals surface area contributed by atoms with E-state index in [9.17, 15) is 0 Å². The van der Waals surface area contributed by atoms with Gasteiger partial charge in [-0.15, -0.1) is 0 Å². The maximum Gasteiger partial charge on any atom is 0.194 e. The molecule has 2 heterocycles. The second-order valence-corrected chi connectivity index (χ2v) is 8.25. The third-order valence-corrected chi connectivity index (χ3v) is 6.21. The molecule has 0 radical (unpaired) electrons. The molecule has 0 aromatic heterocycles. The van der Waals surface area contributed by atoms with E-state index in [1.54, 1.807) is 14.2 Å². The molecule has 2 aliphatic heterocycles. The highest BCUT2D eigenvalue weighted by Gasteiger charge is 2.21. The molecule has 0 aliphatic carbocycles. The lowest BCUT2D eigenvalue weighted by molar-refractivity contribution is 0.0342. The van der Waals surface area contributed by atoms with Crippen LogP contribution in [-0.2, 0) is 30.8 Å². The molecule has 0 amide bonds. The number of morpholine rings is 1. The summed E-state index contributed by atoms with van der Waals surface area (Å²) in [5.41, 5.74) is 5.16. The van der Waals surface area contributed by atoms with Crippen LogP contribution in [0.25, 0.3) is 0 Å². The second kappa shape index (κ2) is 10.7. The van der Waals surface area contributed by atoms with E-state index in [1.807, 2.05) is 7.05 Å². The zero-order valence-electron chi connectivity index (χ0n) is 19.4. The first-order chi connectivity index (χ1) is 15.7. The zero-order valence-corrected chi connectivity index (χ0v) is 19.4. The van der Waals surface area contributed by atoms with Gasteiger partial charge in [0.15, 0.2) is 17.5 Å². The SMILES string of the molecule is CN=C(NCc1ccc(CN2CCOCC2)cc1)N1CCc2cc(OC)c(OC)cc2C1. The summed E-state index contributed by atoms with van der Waals surface area (Å²) in [5.74, 6) is 2.48. The first kappa shape index (κ1) is 22.4. The molecular formula is C25H34N4O3. The van der Waals surface area contributed by atoms with Gasteiger partial charge in [0.2, 0.25) is 0 Å². The zero-order chi connectivity index (χ0) is 22.3. The van der Waals surface area contributed by atoms with Crippen LogP contribution in [0.1, 0.15) is 22.3 Å². The van der Waals surface area contributed by atoms with Crippen LogP contribution >= 0.6 is 0 Å². The Morgan fingerprint density at radius 1 is 0.969 bits per heavy atom. The van der Waals surface area contributed by atoms with Crippen LogP contribution in [0.4, 0.5) is 0 Å². The van der Waals surface area contributed by atoms with Gasteiger partial charge < -0.3 is 24.4 Å². The van der Waals surface area contributed by atoms with Gasteiger partial charge in [0.1, 0.15) is 0 Å². The topological polar surface area (TPSA) is 58.6 Å². The monoisotopic (exact) mass is 438 g/mol. The predicted octanol–water partition coefficient (Wildman–Crippen LogP) is 2.67. The highest BCUT2D eigenvalue weighted by atomic mass is 16.5. The molecule has 0 unspecified atom stereocenters. The van der Waals surface area contributed by atoms with Crippen LogP contribution in [0.15, 0.2) is 41.4 Å². The fourth-order valence-corrected chi connectivity index (χ4v) is 4.36. The number of aliphatic imine (C=N–C) groups is 1. The average Bonchev–Trinajstić information content (AvgIpc) is 2.85. The molecule has 2 aromatic carbocycles. The molecule has 7 nitrogen and oxygen atoms in total. The van der Waals surface area contributed by atoms with Gasteiger partial charge in [-0.2, -0.15) is 0 Å². The molecular weight excluding hydrogens is 404 g/mol. The number of benzene rings is 2. The van der Waals surface area contributed by atoms with Gasteiger partial charge in [0, 0.05) is 46.3 Å². The normalized spacial score (nSPS) is 17.1. The lowest BCUT2D eigenvalue weighted by Gasteiger charge is -2.32. The molecule has 1 saturated heterocycles. The van der Waals surface area contributed by atoms with Gasteiger partial charge in [-0.3, -0.25) is 9.89 Å². The number of fused-ring (bicyclic) bond motifs is 1. The smallest absolute Gasteiger partial charge is 0.194 e. The lowest BCUT2D eigenvalue weighted by atomic mass is 9.99. The lowest BCUT2D eigenvalue weighted by Crippen LogP contribution is -2.43. The van der Waals surface area contributed by atoms with Crippen LogP contribution in [-0.4, -0.2) is 69.9 Å². The molecule has 4 rings (SSSR count). The molecule has 2 aliphatic rings. The highest BCUT2D eigenvalue weighted by molar-refractivity contribution is 5.80. The third kappa shape index (κ3) is 5.34. The van der Waals surface area contributed by atoms with Crippen LogP contribution in [0, 0.1) is 0 Å². The molecule has 1 fully saturated rings. The van der Waals surface area contributed by atoms with Crippen molar-refractivity contribution in [1.29, 1.82) is 0 Å². The number of rotatable bonds is 6. The fourth-order valence-electron chi connectivity index (χ4n) is 4.36. The minimum atomic E-state index is 0.750. The predicted molar refractivity (Wildman–Crippen MR) is 126 cm³/mol. The van der Waals surface area contributed by atoms with Crippen molar-refractivity contribution in [1.82, 2.24) is 15.1 Å². The van der Waals surface area contributed by atoms with Gasteiger partial charge in [-0.05, 0) is 40.8 Å². The molecule has 0 saturated carbocycles. The number of hydrogen-bond donors (Lipinski definition) is 1. The van der Waals surface area contributed by atoms with Crippen LogP contribution in [0.3, 0.4) is 0 Å². The Labute approximate surface area is 191 Å². The van der Waals surface area contributed by atoms with Crippen molar-refractivity contribution >= 4 is 5.96 Å². The summed E-state index contributed by atoms with van der Waals surface area (Å²) in [6, 6.07) is 13.1. The summed E-state index contributed by atoms with van der Waals surface area (Å²) >= 11 is 0. The highest BCUT2D eigenvalue weighted by Crippen LogP contribution is 2.33. The average molecular weight is 439 g/mol. The summed E-state index contributed by atoms with van der Waals surface area (Å²) < 4.78 is 16.4. The Morgan fingerprint density at radius 3 is 2.28 bits per heavy atom. The molecule has 0 atom stereocenters. The minimum absolute atomic E-state index is 0.750. The van der Waals surface area contributed by atoms with Gasteiger partial charge >= 0.3 is 0 Å². The van der Waals surface area contributed by atoms with Crippen molar-refractivity contribution in [2.75, 3.05) is 54.1 Å². The molecule has 172 valence electrons. The number of methoxy groups -OCH3 is 2. The van der Waals surface area contributed by atoms with Gasteiger partial charge in [0.25, 0.3) is 0 Å². The van der Waals surface area contributed by atoms with Crippen LogP contribution in [0.5, 0.6) is 11.5 Å². The van der Waals surface area contributed by atoms with E-state index in [4.69, 9.17) is 14.2 Å². The van der Waals surface area contributed by atoms with Crippen molar-refractivity contribution in [3.8, 4) is 11.5 Å². The molecule has 1 N–H and O–H groups in total. The van der Waals surface area contributed by atoms with Crippen LogP contribution in [0.2, 0.25) is 0 Å². The second-order valence-electron chi connectivity index (χ2n) is 8.25. The van der Waals surface area contributed by atoms with Gasteiger partial charge in [-0.1, -0.05) is 24.3 Å². The van der Waals surface area contributed by atoms with Gasteiger partial charge in [0.05, 0.1) is 27.4 Å². The van der Waals surface area contributed by atoms with Crippen molar-refractivity contribution in [3.63, 3.8) is 0 Å².